The fourth-order valence-corrected chi connectivity index (χ4v) is 3.11. The maximum absolute atomic E-state index is 12.9. The first-order chi connectivity index (χ1) is 12.0. The topological polar surface area (TPSA) is 95.1 Å². The molecule has 4 N–H and O–H groups in total. The van der Waals surface area contributed by atoms with E-state index in [0.29, 0.717) is 5.96 Å². The first kappa shape index (κ1) is 15.2. The number of para-hydroxylation sites is 1. The van der Waals surface area contributed by atoms with Gasteiger partial charge in [0.25, 0.3) is 11.6 Å². The Bertz CT molecular complexity index is 917. The van der Waals surface area contributed by atoms with Crippen molar-refractivity contribution in [3.8, 4) is 0 Å². The van der Waals surface area contributed by atoms with Crippen molar-refractivity contribution in [1.82, 2.24) is 5.32 Å². The highest BCUT2D eigenvalue weighted by molar-refractivity contribution is 6.14. The normalized spacial score (nSPS) is 21.5. The zero-order chi connectivity index (χ0) is 17.6. The maximum atomic E-state index is 12.9. The number of rotatable bonds is 1. The second-order valence-corrected chi connectivity index (χ2v) is 6.13. The second kappa shape index (κ2) is 5.34. The third kappa shape index (κ3) is 2.32. The van der Waals surface area contributed by atoms with Gasteiger partial charge >= 0.3 is 0 Å². The number of anilines is 2. The molecule has 0 saturated carbocycles. The van der Waals surface area contributed by atoms with Gasteiger partial charge in [0.1, 0.15) is 0 Å². The van der Waals surface area contributed by atoms with Crippen LogP contribution in [0.2, 0.25) is 0 Å². The third-order valence-electron chi connectivity index (χ3n) is 4.36. The van der Waals surface area contributed by atoms with Crippen LogP contribution in [0.4, 0.5) is 11.4 Å². The van der Waals surface area contributed by atoms with Gasteiger partial charge in [0.15, 0.2) is 5.96 Å². The SMILES string of the molecule is Cc1ccc(NC2=N[C@@]3(N=C(N)N2)C(=O)N(C)c2ccccc23)cc1. The number of fused-ring (bicyclic) bond motifs is 2. The fraction of sp³-hybridized carbons (Fsp3) is 0.167. The van der Waals surface area contributed by atoms with Crippen LogP contribution in [0.1, 0.15) is 11.1 Å². The van der Waals surface area contributed by atoms with Crippen molar-refractivity contribution in [2.75, 3.05) is 17.3 Å². The summed E-state index contributed by atoms with van der Waals surface area (Å²) in [6.07, 6.45) is 0. The molecule has 0 radical (unpaired) electrons. The maximum Gasteiger partial charge on any atom is 0.282 e. The van der Waals surface area contributed by atoms with E-state index in [4.69, 9.17) is 5.73 Å². The average Bonchev–Trinajstić information content (AvgIpc) is 2.79. The number of carbonyl (C=O) groups is 1. The Morgan fingerprint density at radius 2 is 1.84 bits per heavy atom. The lowest BCUT2D eigenvalue weighted by atomic mass is 10.0. The van der Waals surface area contributed by atoms with E-state index in [0.717, 1.165) is 22.5 Å². The van der Waals surface area contributed by atoms with Gasteiger partial charge in [-0.3, -0.25) is 10.1 Å². The summed E-state index contributed by atoms with van der Waals surface area (Å²) in [6.45, 7) is 2.02. The molecule has 7 heteroatoms. The van der Waals surface area contributed by atoms with E-state index in [-0.39, 0.29) is 11.9 Å². The Kier molecular flexibility index (Phi) is 3.24. The molecule has 1 amide bonds. The summed E-state index contributed by atoms with van der Waals surface area (Å²) in [5.74, 6) is 0.291. The summed E-state index contributed by atoms with van der Waals surface area (Å²) in [7, 11) is 1.71. The van der Waals surface area contributed by atoms with Gasteiger partial charge in [-0.1, -0.05) is 35.9 Å². The van der Waals surface area contributed by atoms with Crippen LogP contribution in [0.15, 0.2) is 58.5 Å². The lowest BCUT2D eigenvalue weighted by molar-refractivity contribution is -0.122. The summed E-state index contributed by atoms with van der Waals surface area (Å²) >= 11 is 0. The molecule has 0 fully saturated rings. The highest BCUT2D eigenvalue weighted by Crippen LogP contribution is 2.43. The molecule has 2 aliphatic heterocycles. The van der Waals surface area contributed by atoms with Crippen LogP contribution in [0.5, 0.6) is 0 Å². The summed E-state index contributed by atoms with van der Waals surface area (Å²) in [4.78, 5) is 23.4. The molecular formula is C18H18N6O. The predicted octanol–water partition coefficient (Wildman–Crippen LogP) is 1.51. The quantitative estimate of drug-likeness (QED) is 0.737. The minimum Gasteiger partial charge on any atom is -0.370 e. The molecule has 4 rings (SSSR count). The lowest BCUT2D eigenvalue weighted by Gasteiger charge is -2.26. The molecule has 0 saturated heterocycles. The highest BCUT2D eigenvalue weighted by Gasteiger charge is 2.52. The minimum atomic E-state index is -1.38. The standard InChI is InChI=1S/C18H18N6O/c1-11-7-9-12(10-8-11)20-17-21-16(19)22-18(23-17)13-5-3-4-6-14(13)24(2)15(18)25/h3-10H,1-2H3,(H4,19,20,21,22,23)/t18-/m1/s1. The number of nitrogens with one attached hydrogen (secondary N) is 2. The first-order valence-corrected chi connectivity index (χ1v) is 7.93. The molecule has 2 aromatic rings. The number of nitrogens with zero attached hydrogens (tertiary/aromatic N) is 3. The van der Waals surface area contributed by atoms with E-state index in [1.165, 1.54) is 0 Å². The predicted molar refractivity (Wildman–Crippen MR) is 98.5 cm³/mol. The minimum absolute atomic E-state index is 0.142. The van der Waals surface area contributed by atoms with E-state index < -0.39 is 5.66 Å². The number of carbonyl (C=O) groups excluding carboxylic acids is 1. The molecular weight excluding hydrogens is 316 g/mol. The van der Waals surface area contributed by atoms with Crippen LogP contribution < -0.4 is 21.3 Å². The van der Waals surface area contributed by atoms with Crippen molar-refractivity contribution >= 4 is 29.2 Å². The first-order valence-electron chi connectivity index (χ1n) is 7.93. The number of hydrogen-bond donors (Lipinski definition) is 3. The number of nitrogens with two attached hydrogens (primary N) is 1. The Balaban J connectivity index is 1.78. The number of hydrogen-bond acceptors (Lipinski definition) is 6. The molecule has 0 aliphatic carbocycles. The van der Waals surface area contributed by atoms with E-state index in [2.05, 4.69) is 20.6 Å². The smallest absolute Gasteiger partial charge is 0.282 e. The molecule has 0 bridgehead atoms. The molecule has 2 aliphatic rings. The van der Waals surface area contributed by atoms with Gasteiger partial charge in [0, 0.05) is 18.3 Å². The van der Waals surface area contributed by atoms with Gasteiger partial charge in [-0.15, -0.1) is 0 Å². The number of aliphatic imine (C=N–C) groups is 2. The Morgan fingerprint density at radius 1 is 1.12 bits per heavy atom. The van der Waals surface area contributed by atoms with E-state index in [9.17, 15) is 4.79 Å². The highest BCUT2D eigenvalue weighted by atomic mass is 16.2. The van der Waals surface area contributed by atoms with Gasteiger partial charge in [0.2, 0.25) is 5.96 Å². The summed E-state index contributed by atoms with van der Waals surface area (Å²) in [6, 6.07) is 15.3. The van der Waals surface area contributed by atoms with Gasteiger partial charge < -0.3 is 16.0 Å². The van der Waals surface area contributed by atoms with Crippen molar-refractivity contribution in [2.24, 2.45) is 15.7 Å². The molecule has 0 aromatic heterocycles. The fourth-order valence-electron chi connectivity index (χ4n) is 3.11. The van der Waals surface area contributed by atoms with Gasteiger partial charge in [-0.25, -0.2) is 9.98 Å². The van der Waals surface area contributed by atoms with Crippen LogP contribution in [-0.2, 0) is 10.5 Å². The van der Waals surface area contributed by atoms with Crippen LogP contribution >= 0.6 is 0 Å². The van der Waals surface area contributed by atoms with E-state index in [1.807, 2.05) is 55.5 Å². The van der Waals surface area contributed by atoms with E-state index >= 15 is 0 Å². The summed E-state index contributed by atoms with van der Waals surface area (Å²) < 4.78 is 0. The Morgan fingerprint density at radius 3 is 2.60 bits per heavy atom. The number of benzene rings is 2. The monoisotopic (exact) mass is 334 g/mol. The summed E-state index contributed by atoms with van der Waals surface area (Å²) in [5, 5.41) is 6.06. The molecule has 126 valence electrons. The van der Waals surface area contributed by atoms with Crippen LogP contribution in [0, 0.1) is 6.92 Å². The largest absolute Gasteiger partial charge is 0.370 e. The molecule has 25 heavy (non-hydrogen) atoms. The molecule has 2 aromatic carbocycles. The van der Waals surface area contributed by atoms with Crippen molar-refractivity contribution in [2.45, 2.75) is 12.6 Å². The van der Waals surface area contributed by atoms with Crippen molar-refractivity contribution < 1.29 is 4.79 Å². The number of likely N-dealkylation sites (N-methyl/N-ethyl adjacent to an activating group) is 1. The van der Waals surface area contributed by atoms with Crippen LogP contribution in [0.3, 0.4) is 0 Å². The zero-order valence-corrected chi connectivity index (χ0v) is 13.9. The van der Waals surface area contributed by atoms with Crippen LogP contribution in [0.25, 0.3) is 0 Å². The van der Waals surface area contributed by atoms with Gasteiger partial charge in [-0.05, 0) is 25.1 Å². The Labute approximate surface area is 145 Å². The van der Waals surface area contributed by atoms with E-state index in [1.54, 1.807) is 11.9 Å². The molecule has 7 nitrogen and oxygen atoms in total. The third-order valence-corrected chi connectivity index (χ3v) is 4.36. The Hall–Kier alpha value is -3.35. The van der Waals surface area contributed by atoms with Gasteiger partial charge in [0.05, 0.1) is 5.69 Å². The number of amides is 1. The van der Waals surface area contributed by atoms with Crippen LogP contribution in [-0.4, -0.2) is 24.9 Å². The number of guanidine groups is 2. The lowest BCUT2D eigenvalue weighted by Crippen LogP contribution is -2.50. The van der Waals surface area contributed by atoms with Crippen molar-refractivity contribution in [3.05, 3.63) is 59.7 Å². The van der Waals surface area contributed by atoms with Gasteiger partial charge in [-0.2, -0.15) is 0 Å². The number of aryl methyl sites for hydroxylation is 1. The average molecular weight is 334 g/mol. The zero-order valence-electron chi connectivity index (χ0n) is 13.9. The van der Waals surface area contributed by atoms with Crippen molar-refractivity contribution in [3.63, 3.8) is 0 Å². The second-order valence-electron chi connectivity index (χ2n) is 6.13. The summed E-state index contributed by atoms with van der Waals surface area (Å²) in [5.41, 5.74) is 8.09. The molecule has 0 unspecified atom stereocenters. The molecule has 1 spiro atoms. The van der Waals surface area contributed by atoms with Crippen molar-refractivity contribution in [1.29, 1.82) is 0 Å². The molecule has 2 heterocycles. The molecule has 1 atom stereocenters.